The Hall–Kier alpha value is -0.850. The Balaban J connectivity index is 0.976. The van der Waals surface area contributed by atoms with Gasteiger partial charge in [-0.25, -0.2) is 0 Å². The molecule has 0 bridgehead atoms. The highest BCUT2D eigenvalue weighted by Gasteiger charge is 2.77. The van der Waals surface area contributed by atoms with Crippen LogP contribution in [0.3, 0.4) is 0 Å². The smallest absolute Gasteiger partial charge is 0.187 e. The predicted octanol–water partition coefficient (Wildman–Crippen LogP) is 0.764. The molecule has 0 aromatic carbocycles. The van der Waals surface area contributed by atoms with Crippen molar-refractivity contribution in [3.8, 4) is 0 Å². The van der Waals surface area contributed by atoms with Crippen molar-refractivity contribution in [2.45, 2.75) is 177 Å². The summed E-state index contributed by atoms with van der Waals surface area (Å²) in [6, 6.07) is 0. The third kappa shape index (κ3) is 5.71. The molecule has 7 N–H and O–H groups in total. The third-order valence-electron chi connectivity index (χ3n) is 16.2. The Kier molecular flexibility index (Phi) is 10.0. The van der Waals surface area contributed by atoms with Crippen molar-refractivity contribution in [3.05, 3.63) is 0 Å². The molecule has 22 atom stereocenters. The third-order valence-corrected chi connectivity index (χ3v) is 16.2. The van der Waals surface area contributed by atoms with Crippen LogP contribution in [0.4, 0.5) is 0 Å². The zero-order valence-corrected chi connectivity index (χ0v) is 31.7. The normalized spacial score (nSPS) is 59.6. The molecule has 8 rings (SSSR count). The quantitative estimate of drug-likeness (QED) is 0.193. The van der Waals surface area contributed by atoms with Crippen molar-refractivity contribution >= 4 is 5.78 Å². The fourth-order valence-corrected chi connectivity index (χ4v) is 12.9. The Morgan fingerprint density at radius 1 is 0.811 bits per heavy atom. The fourth-order valence-electron chi connectivity index (χ4n) is 12.9. The summed E-state index contributed by atoms with van der Waals surface area (Å²) in [6.07, 6.45) is -8.42. The second kappa shape index (κ2) is 13.6. The summed E-state index contributed by atoms with van der Waals surface area (Å²) in [5.41, 5.74) is -1.72. The molecule has 14 heteroatoms. The topological polar surface area (TPSA) is 214 Å². The molecule has 0 unspecified atom stereocenters. The molecule has 53 heavy (non-hydrogen) atoms. The van der Waals surface area contributed by atoms with E-state index in [1.165, 1.54) is 6.92 Å². The Morgan fingerprint density at radius 2 is 1.57 bits per heavy atom. The van der Waals surface area contributed by atoms with Gasteiger partial charge in [0.05, 0.1) is 31.5 Å². The molecule has 4 aliphatic heterocycles. The molecule has 4 saturated heterocycles. The first-order chi connectivity index (χ1) is 25.0. The Bertz CT molecular complexity index is 1380. The minimum atomic E-state index is -1.66. The number of aliphatic hydroxyl groups excluding tert-OH is 6. The van der Waals surface area contributed by atoms with Crippen LogP contribution in [0.5, 0.6) is 0 Å². The monoisotopic (exact) mass is 754 g/mol. The van der Waals surface area contributed by atoms with Gasteiger partial charge in [-0.15, -0.1) is 0 Å². The predicted molar refractivity (Wildman–Crippen MR) is 183 cm³/mol. The van der Waals surface area contributed by atoms with Crippen LogP contribution >= 0.6 is 0 Å². The van der Waals surface area contributed by atoms with Gasteiger partial charge in [-0.2, -0.15) is 0 Å². The van der Waals surface area contributed by atoms with Gasteiger partial charge in [0.15, 0.2) is 18.4 Å². The number of hydrogen-bond acceptors (Lipinski definition) is 14. The van der Waals surface area contributed by atoms with Gasteiger partial charge in [-0.05, 0) is 81.0 Å². The van der Waals surface area contributed by atoms with Crippen molar-refractivity contribution in [1.82, 2.24) is 0 Å². The van der Waals surface area contributed by atoms with E-state index in [2.05, 4.69) is 27.7 Å². The van der Waals surface area contributed by atoms with E-state index < -0.39 is 90.9 Å². The first-order valence-corrected chi connectivity index (χ1v) is 20.2. The van der Waals surface area contributed by atoms with E-state index >= 15 is 0 Å². The van der Waals surface area contributed by atoms with Gasteiger partial charge in [0, 0.05) is 30.1 Å². The second-order valence-corrected chi connectivity index (χ2v) is 18.7. The standard InChI is InChI=1S/C39H62O14/c1-17-6-11-38(48-16-17)19(3)39(47)27(53-38)14-23-21-13-25(41)24-12-20(7-9-36(24,4)22(21)8-10-37(23,39)5)50-35-33(31(45)29(43)26(15-40)51-35)52-34-32(46)30(44)28(42)18(2)49-34/h17-24,26-35,40,42-47H,6-16H2,1-5H3/t17-,18+,19-,20+,21-,22+,23+,24-,26-,27+,28+,29-,30-,31+,32-,33-,34+,35-,36-,37+,38-,39+/m1/s1. The molecule has 4 aliphatic carbocycles. The molecule has 0 amide bonds. The summed E-state index contributed by atoms with van der Waals surface area (Å²) >= 11 is 0. The van der Waals surface area contributed by atoms with Crippen molar-refractivity contribution in [1.29, 1.82) is 0 Å². The van der Waals surface area contributed by atoms with Crippen LogP contribution in [0.15, 0.2) is 0 Å². The van der Waals surface area contributed by atoms with Gasteiger partial charge in [-0.3, -0.25) is 4.79 Å². The summed E-state index contributed by atoms with van der Waals surface area (Å²) in [4.78, 5) is 14.3. The van der Waals surface area contributed by atoms with Crippen LogP contribution in [0.25, 0.3) is 0 Å². The van der Waals surface area contributed by atoms with E-state index in [-0.39, 0.29) is 46.9 Å². The Morgan fingerprint density at radius 3 is 2.26 bits per heavy atom. The van der Waals surface area contributed by atoms with Gasteiger partial charge in [0.25, 0.3) is 0 Å². The van der Waals surface area contributed by atoms with Crippen LogP contribution in [-0.4, -0.2) is 140 Å². The summed E-state index contributed by atoms with van der Waals surface area (Å²) in [5, 5.41) is 75.6. The number of ether oxygens (including phenoxy) is 6. The second-order valence-electron chi connectivity index (χ2n) is 18.7. The molecule has 1 spiro atoms. The van der Waals surface area contributed by atoms with E-state index in [0.717, 1.165) is 25.7 Å². The van der Waals surface area contributed by atoms with E-state index in [1.54, 1.807) is 0 Å². The molecule has 8 fully saturated rings. The van der Waals surface area contributed by atoms with Gasteiger partial charge >= 0.3 is 0 Å². The summed E-state index contributed by atoms with van der Waals surface area (Å²) < 4.78 is 37.1. The fraction of sp³-hybridized carbons (Fsp3) is 0.974. The summed E-state index contributed by atoms with van der Waals surface area (Å²) in [5.74, 6) is 0.00822. The minimum absolute atomic E-state index is 0.133. The molecule has 4 heterocycles. The molecule has 0 aromatic heterocycles. The minimum Gasteiger partial charge on any atom is -0.394 e. The number of rotatable bonds is 5. The largest absolute Gasteiger partial charge is 0.394 e. The average molecular weight is 755 g/mol. The number of fused-ring (bicyclic) bond motifs is 7. The lowest BCUT2D eigenvalue weighted by Crippen LogP contribution is -2.64. The van der Waals surface area contributed by atoms with Crippen LogP contribution < -0.4 is 0 Å². The number of ketones is 1. The number of Topliss-reactive ketones (excluding diaryl/α,β-unsaturated/α-hetero) is 1. The van der Waals surface area contributed by atoms with E-state index in [1.807, 2.05) is 0 Å². The number of carbonyl (C=O) groups is 1. The molecular weight excluding hydrogens is 692 g/mol. The lowest BCUT2D eigenvalue weighted by Gasteiger charge is -2.61. The SMILES string of the molecule is C[C@@H]1CC[C@@]2(OC1)O[C@H]1C[C@H]3[C@@H]4CC(=O)[C@H]5C[C@@H](O[C@@H]6O[C@H](CO)[C@@H](O)[C@H](O)[C@H]6O[C@@H]6O[C@@H](C)[C@H](O)[C@@H](O)[C@H]6O)CC[C@]5(C)[C@H]4CC[C@]3(C)[C@]1(O)[C@@H]2C. The van der Waals surface area contributed by atoms with Crippen LogP contribution in [0.1, 0.15) is 92.4 Å². The van der Waals surface area contributed by atoms with Crippen LogP contribution in [0.2, 0.25) is 0 Å². The first-order valence-electron chi connectivity index (χ1n) is 20.2. The molecule has 302 valence electrons. The van der Waals surface area contributed by atoms with E-state index in [9.17, 15) is 40.5 Å². The maximum atomic E-state index is 14.3. The summed E-state index contributed by atoms with van der Waals surface area (Å²) in [6.45, 7) is 10.3. The maximum Gasteiger partial charge on any atom is 0.187 e. The Labute approximate surface area is 311 Å². The van der Waals surface area contributed by atoms with Gasteiger partial charge in [0.1, 0.15) is 54.1 Å². The molecule has 4 saturated carbocycles. The van der Waals surface area contributed by atoms with Crippen molar-refractivity contribution in [2.24, 2.45) is 46.3 Å². The van der Waals surface area contributed by atoms with Gasteiger partial charge in [-0.1, -0.05) is 27.7 Å². The van der Waals surface area contributed by atoms with Crippen molar-refractivity contribution in [2.75, 3.05) is 13.2 Å². The lowest BCUT2D eigenvalue weighted by molar-refractivity contribution is -0.370. The first kappa shape index (κ1) is 39.0. The van der Waals surface area contributed by atoms with Gasteiger partial charge < -0.3 is 64.2 Å². The molecule has 8 aliphatic rings. The molecule has 0 radical (unpaired) electrons. The highest BCUT2D eigenvalue weighted by molar-refractivity contribution is 5.83. The maximum absolute atomic E-state index is 14.3. The average Bonchev–Trinajstić information content (AvgIpc) is 3.48. The van der Waals surface area contributed by atoms with E-state index in [4.69, 9.17) is 28.4 Å². The molecule has 0 aromatic rings. The molecular formula is C39H62O14. The number of aliphatic hydroxyl groups is 7. The van der Waals surface area contributed by atoms with Crippen molar-refractivity contribution < 1.29 is 69.0 Å². The van der Waals surface area contributed by atoms with Crippen LogP contribution in [-0.2, 0) is 33.2 Å². The zero-order valence-electron chi connectivity index (χ0n) is 31.7. The van der Waals surface area contributed by atoms with Crippen LogP contribution in [0, 0.1) is 46.3 Å². The summed E-state index contributed by atoms with van der Waals surface area (Å²) in [7, 11) is 0. The molecule has 14 nitrogen and oxygen atoms in total. The zero-order chi connectivity index (χ0) is 38.0. The van der Waals surface area contributed by atoms with Gasteiger partial charge in [0.2, 0.25) is 0 Å². The highest BCUT2D eigenvalue weighted by atomic mass is 16.8. The number of hydrogen-bond donors (Lipinski definition) is 7. The van der Waals surface area contributed by atoms with E-state index in [0.29, 0.717) is 44.6 Å². The number of carbonyl (C=O) groups excluding carboxylic acids is 1. The highest BCUT2D eigenvalue weighted by Crippen LogP contribution is 2.72. The lowest BCUT2D eigenvalue weighted by atomic mass is 9.43. The van der Waals surface area contributed by atoms with Crippen molar-refractivity contribution in [3.63, 3.8) is 0 Å².